The summed E-state index contributed by atoms with van der Waals surface area (Å²) in [4.78, 5) is 0. The summed E-state index contributed by atoms with van der Waals surface area (Å²) in [5.74, 6) is 0. The van der Waals surface area contributed by atoms with Crippen molar-refractivity contribution in [2.24, 2.45) is 0 Å². The highest BCUT2D eigenvalue weighted by molar-refractivity contribution is 5.39. The van der Waals surface area contributed by atoms with Crippen molar-refractivity contribution in [1.29, 1.82) is 0 Å². The predicted octanol–water partition coefficient (Wildman–Crippen LogP) is 3.32. The van der Waals surface area contributed by atoms with Crippen LogP contribution >= 0.6 is 0 Å². The summed E-state index contributed by atoms with van der Waals surface area (Å²) in [5.41, 5.74) is 2.80. The third-order valence-corrected chi connectivity index (χ3v) is 2.08. The molecule has 2 rings (SSSR count). The molecule has 2 aliphatic rings. The molecule has 12 heavy (non-hydrogen) atoms. The zero-order chi connectivity index (χ0) is 8.23. The van der Waals surface area contributed by atoms with Gasteiger partial charge in [-0.3, -0.25) is 0 Å². The van der Waals surface area contributed by atoms with Crippen LogP contribution in [0.2, 0.25) is 0 Å². The van der Waals surface area contributed by atoms with Gasteiger partial charge in [-0.05, 0) is 24.0 Å². The zero-order valence-electron chi connectivity index (χ0n) is 7.03. The Labute approximate surface area is 73.3 Å². The Morgan fingerprint density at radius 1 is 0.833 bits per heavy atom. The van der Waals surface area contributed by atoms with Crippen LogP contribution in [0.5, 0.6) is 0 Å². The van der Waals surface area contributed by atoms with Crippen molar-refractivity contribution >= 4 is 0 Å². The van der Waals surface area contributed by atoms with E-state index in [1.54, 1.807) is 0 Å². The van der Waals surface area contributed by atoms with Crippen molar-refractivity contribution in [3.63, 3.8) is 0 Å². The highest BCUT2D eigenvalue weighted by Gasteiger charge is 1.99. The van der Waals surface area contributed by atoms with Crippen molar-refractivity contribution in [2.75, 3.05) is 0 Å². The van der Waals surface area contributed by atoms with Gasteiger partial charge in [0.05, 0.1) is 0 Å². The summed E-state index contributed by atoms with van der Waals surface area (Å²) in [6, 6.07) is 0. The standard InChI is InChI=1S/C12H12/c1-2-6-11-8-4-5-9-12(10-11)7-3-1/h2-9H,1,10H2. The summed E-state index contributed by atoms with van der Waals surface area (Å²) in [5, 5.41) is 0. The Hall–Kier alpha value is -1.30. The fraction of sp³-hybridized carbons (Fsp3) is 0.167. The Morgan fingerprint density at radius 3 is 2.00 bits per heavy atom. The van der Waals surface area contributed by atoms with Crippen LogP contribution < -0.4 is 0 Å². The average Bonchev–Trinajstić information content (AvgIpc) is 2.25. The molecule has 0 nitrogen and oxygen atoms in total. The summed E-state index contributed by atoms with van der Waals surface area (Å²) >= 11 is 0. The van der Waals surface area contributed by atoms with E-state index in [-0.39, 0.29) is 0 Å². The van der Waals surface area contributed by atoms with Crippen LogP contribution in [0.4, 0.5) is 0 Å². The fourth-order valence-electron chi connectivity index (χ4n) is 1.46. The summed E-state index contributed by atoms with van der Waals surface area (Å²) < 4.78 is 0. The molecule has 0 atom stereocenters. The van der Waals surface area contributed by atoms with Gasteiger partial charge < -0.3 is 0 Å². The van der Waals surface area contributed by atoms with Crippen LogP contribution in [0.15, 0.2) is 59.8 Å². The van der Waals surface area contributed by atoms with E-state index in [0.717, 1.165) is 12.8 Å². The van der Waals surface area contributed by atoms with Gasteiger partial charge in [0, 0.05) is 0 Å². The van der Waals surface area contributed by atoms with Gasteiger partial charge in [0.25, 0.3) is 0 Å². The van der Waals surface area contributed by atoms with Crippen LogP contribution in [0.25, 0.3) is 0 Å². The lowest BCUT2D eigenvalue weighted by Gasteiger charge is -2.03. The Morgan fingerprint density at radius 2 is 1.42 bits per heavy atom. The first-order valence-corrected chi connectivity index (χ1v) is 4.34. The molecule has 0 aliphatic heterocycles. The molecule has 0 spiro atoms. The maximum atomic E-state index is 2.22. The SMILES string of the molecule is C1=CC=C2C=CCC=CC(=C1)C2. The molecular formula is C12H12. The van der Waals surface area contributed by atoms with E-state index in [2.05, 4.69) is 48.6 Å². The predicted molar refractivity (Wildman–Crippen MR) is 52.8 cm³/mol. The van der Waals surface area contributed by atoms with Crippen LogP contribution in [0.3, 0.4) is 0 Å². The topological polar surface area (TPSA) is 0 Å². The van der Waals surface area contributed by atoms with Gasteiger partial charge in [-0.1, -0.05) is 48.6 Å². The van der Waals surface area contributed by atoms with Crippen LogP contribution in [-0.4, -0.2) is 0 Å². The van der Waals surface area contributed by atoms with Gasteiger partial charge >= 0.3 is 0 Å². The lowest BCUT2D eigenvalue weighted by molar-refractivity contribution is 1.18. The van der Waals surface area contributed by atoms with E-state index in [4.69, 9.17) is 0 Å². The molecule has 0 amide bonds. The van der Waals surface area contributed by atoms with Crippen molar-refractivity contribution in [3.8, 4) is 0 Å². The Balaban J connectivity index is 2.38. The molecule has 0 aromatic heterocycles. The molecule has 0 heteroatoms. The lowest BCUT2D eigenvalue weighted by Crippen LogP contribution is -1.84. The van der Waals surface area contributed by atoms with E-state index >= 15 is 0 Å². The van der Waals surface area contributed by atoms with Gasteiger partial charge in [0.15, 0.2) is 0 Å². The average molecular weight is 156 g/mol. The molecule has 0 unspecified atom stereocenters. The number of rotatable bonds is 0. The van der Waals surface area contributed by atoms with E-state index in [1.807, 2.05) is 0 Å². The number of hydrogen-bond donors (Lipinski definition) is 0. The number of hydrogen-bond acceptors (Lipinski definition) is 0. The minimum absolute atomic E-state index is 1.05. The normalized spacial score (nSPS) is 20.7. The molecule has 0 saturated heterocycles. The van der Waals surface area contributed by atoms with Gasteiger partial charge in [-0.2, -0.15) is 0 Å². The third-order valence-electron chi connectivity index (χ3n) is 2.08. The zero-order valence-corrected chi connectivity index (χ0v) is 7.03. The van der Waals surface area contributed by atoms with Crippen molar-refractivity contribution < 1.29 is 0 Å². The first-order valence-electron chi connectivity index (χ1n) is 4.34. The van der Waals surface area contributed by atoms with Crippen molar-refractivity contribution in [2.45, 2.75) is 12.8 Å². The maximum Gasteiger partial charge on any atom is -0.00260 e. The van der Waals surface area contributed by atoms with Crippen molar-refractivity contribution in [1.82, 2.24) is 0 Å². The fourth-order valence-corrected chi connectivity index (χ4v) is 1.46. The summed E-state index contributed by atoms with van der Waals surface area (Å²) in [6.07, 6.45) is 19.5. The number of fused-ring (bicyclic) bond motifs is 2. The summed E-state index contributed by atoms with van der Waals surface area (Å²) in [6.45, 7) is 0. The van der Waals surface area contributed by atoms with Crippen LogP contribution in [0, 0.1) is 0 Å². The minimum Gasteiger partial charge on any atom is -0.0805 e. The summed E-state index contributed by atoms with van der Waals surface area (Å²) in [7, 11) is 0. The second-order valence-electron chi connectivity index (χ2n) is 3.09. The Bertz CT molecular complexity index is 279. The molecule has 0 heterocycles. The first kappa shape index (κ1) is 7.35. The highest BCUT2D eigenvalue weighted by atomic mass is 14.0. The largest absolute Gasteiger partial charge is 0.0805 e. The molecule has 2 bridgehead atoms. The van der Waals surface area contributed by atoms with E-state index in [0.29, 0.717) is 0 Å². The van der Waals surface area contributed by atoms with Crippen molar-refractivity contribution in [3.05, 3.63) is 59.8 Å². The van der Waals surface area contributed by atoms with E-state index < -0.39 is 0 Å². The molecule has 60 valence electrons. The van der Waals surface area contributed by atoms with E-state index in [1.165, 1.54) is 11.1 Å². The smallest absolute Gasteiger partial charge is 0.00260 e. The second kappa shape index (κ2) is 3.40. The lowest BCUT2D eigenvalue weighted by atomic mass is 10.0. The van der Waals surface area contributed by atoms with Gasteiger partial charge in [-0.15, -0.1) is 0 Å². The highest BCUT2D eigenvalue weighted by Crippen LogP contribution is 2.19. The van der Waals surface area contributed by atoms with Gasteiger partial charge in [0.1, 0.15) is 0 Å². The molecule has 0 fully saturated rings. The third kappa shape index (κ3) is 1.65. The second-order valence-corrected chi connectivity index (χ2v) is 3.09. The monoisotopic (exact) mass is 156 g/mol. The Kier molecular flexibility index (Phi) is 2.08. The van der Waals surface area contributed by atoms with Gasteiger partial charge in [0.2, 0.25) is 0 Å². The molecule has 0 radical (unpaired) electrons. The first-order chi connectivity index (χ1) is 5.95. The quantitative estimate of drug-likeness (QED) is 0.504. The molecule has 0 aromatic rings. The van der Waals surface area contributed by atoms with Crippen LogP contribution in [0.1, 0.15) is 12.8 Å². The van der Waals surface area contributed by atoms with Gasteiger partial charge in [-0.25, -0.2) is 0 Å². The molecular weight excluding hydrogens is 144 g/mol. The van der Waals surface area contributed by atoms with E-state index in [9.17, 15) is 0 Å². The number of allylic oxidation sites excluding steroid dienone is 10. The molecule has 2 aliphatic carbocycles. The molecule has 0 N–H and O–H groups in total. The molecule has 0 saturated carbocycles. The van der Waals surface area contributed by atoms with Crippen LogP contribution in [-0.2, 0) is 0 Å². The minimum atomic E-state index is 1.05. The maximum absolute atomic E-state index is 2.22. The molecule has 0 aromatic carbocycles.